The van der Waals surface area contributed by atoms with Crippen LogP contribution in [-0.4, -0.2) is 29.4 Å². The lowest BCUT2D eigenvalue weighted by Crippen LogP contribution is -2.06. The van der Waals surface area contributed by atoms with Gasteiger partial charge in [0.15, 0.2) is 0 Å². The number of anilines is 1. The SMILES string of the molecule is CC.CN(Sc1cccs1)c1cccc2cc(C3=NCCS3)[nH]c12. The van der Waals surface area contributed by atoms with Crippen molar-refractivity contribution in [2.45, 2.75) is 18.1 Å². The second-order valence-corrected chi connectivity index (χ2v) is 8.44. The molecule has 4 rings (SSSR count). The highest BCUT2D eigenvalue weighted by molar-refractivity contribution is 8.14. The Morgan fingerprint density at radius 2 is 2.08 bits per heavy atom. The number of nitrogens with one attached hydrogen (secondary N) is 1. The fraction of sp³-hybridized carbons (Fsp3) is 0.278. The average molecular weight is 376 g/mol. The molecule has 0 bridgehead atoms. The van der Waals surface area contributed by atoms with Crippen LogP contribution in [0, 0.1) is 0 Å². The number of thiophene rings is 1. The van der Waals surface area contributed by atoms with Crippen LogP contribution in [0.15, 0.2) is 51.0 Å². The molecule has 2 aromatic heterocycles. The van der Waals surface area contributed by atoms with Gasteiger partial charge in [-0.25, -0.2) is 0 Å². The Kier molecular flexibility index (Phi) is 5.92. The van der Waals surface area contributed by atoms with Crippen LogP contribution < -0.4 is 4.31 Å². The maximum absolute atomic E-state index is 4.57. The molecule has 0 atom stereocenters. The number of hydrogen-bond acceptors (Lipinski definition) is 5. The van der Waals surface area contributed by atoms with Gasteiger partial charge in [-0.05, 0) is 35.5 Å². The molecule has 0 saturated carbocycles. The third-order valence-corrected chi connectivity index (χ3v) is 6.48. The number of fused-ring (bicyclic) bond motifs is 1. The summed E-state index contributed by atoms with van der Waals surface area (Å²) in [5.41, 5.74) is 3.52. The molecule has 1 N–H and O–H groups in total. The Morgan fingerprint density at radius 1 is 1.21 bits per heavy atom. The Bertz CT molecular complexity index is 821. The summed E-state index contributed by atoms with van der Waals surface area (Å²) in [6.45, 7) is 4.93. The van der Waals surface area contributed by atoms with E-state index in [4.69, 9.17) is 0 Å². The zero-order chi connectivity index (χ0) is 16.9. The first-order valence-corrected chi connectivity index (χ1v) is 10.7. The Morgan fingerprint density at radius 3 is 2.79 bits per heavy atom. The number of rotatable bonds is 4. The molecule has 1 aromatic carbocycles. The van der Waals surface area contributed by atoms with E-state index in [1.165, 1.54) is 20.8 Å². The molecule has 0 radical (unpaired) electrons. The van der Waals surface area contributed by atoms with E-state index >= 15 is 0 Å². The first kappa shape index (κ1) is 17.5. The first-order valence-electron chi connectivity index (χ1n) is 8.06. The molecule has 0 aliphatic carbocycles. The first-order chi connectivity index (χ1) is 11.8. The van der Waals surface area contributed by atoms with Crippen molar-refractivity contribution in [3.63, 3.8) is 0 Å². The predicted octanol–water partition coefficient (Wildman–Crippen LogP) is 5.89. The van der Waals surface area contributed by atoms with E-state index < -0.39 is 0 Å². The van der Waals surface area contributed by atoms with Gasteiger partial charge in [-0.1, -0.05) is 32.0 Å². The van der Waals surface area contributed by atoms with Gasteiger partial charge in [-0.2, -0.15) is 0 Å². The minimum absolute atomic E-state index is 0.927. The number of aromatic amines is 1. The van der Waals surface area contributed by atoms with Crippen molar-refractivity contribution in [3.05, 3.63) is 47.5 Å². The number of aliphatic imine (C=N–C) groups is 1. The normalized spacial score (nSPS) is 13.5. The summed E-state index contributed by atoms with van der Waals surface area (Å²) in [7, 11) is 2.11. The number of nitrogens with zero attached hydrogens (tertiary/aromatic N) is 2. The molecule has 126 valence electrons. The van der Waals surface area contributed by atoms with Crippen LogP contribution in [0.3, 0.4) is 0 Å². The van der Waals surface area contributed by atoms with Crippen LogP contribution in [0.5, 0.6) is 0 Å². The van der Waals surface area contributed by atoms with Crippen molar-refractivity contribution in [1.82, 2.24) is 4.98 Å². The van der Waals surface area contributed by atoms with E-state index in [1.54, 1.807) is 23.3 Å². The summed E-state index contributed by atoms with van der Waals surface area (Å²) in [4.78, 5) is 8.13. The zero-order valence-corrected chi connectivity index (χ0v) is 16.5. The lowest BCUT2D eigenvalue weighted by molar-refractivity contribution is 1.17. The second-order valence-electron chi connectivity index (χ2n) is 4.98. The topological polar surface area (TPSA) is 31.4 Å². The van der Waals surface area contributed by atoms with E-state index in [0.29, 0.717) is 0 Å². The van der Waals surface area contributed by atoms with Gasteiger partial charge < -0.3 is 9.29 Å². The molecular weight excluding hydrogens is 354 g/mol. The molecule has 0 fully saturated rings. The molecule has 0 saturated heterocycles. The number of aromatic nitrogens is 1. The van der Waals surface area contributed by atoms with Crippen LogP contribution >= 0.6 is 35.0 Å². The summed E-state index contributed by atoms with van der Waals surface area (Å²) in [6, 6.07) is 12.9. The monoisotopic (exact) mass is 375 g/mol. The van der Waals surface area contributed by atoms with Crippen LogP contribution in [0.1, 0.15) is 19.5 Å². The van der Waals surface area contributed by atoms with Crippen molar-refractivity contribution in [2.24, 2.45) is 4.99 Å². The molecule has 1 aliphatic heterocycles. The highest BCUT2D eigenvalue weighted by Gasteiger charge is 2.15. The standard InChI is InChI=1S/C16H15N3S3.C2H6/c1-19(22-14-6-3-8-20-14)13-5-2-4-11-10-12(18-15(11)13)16-17-7-9-21-16;1-2/h2-6,8,10,18H,7,9H2,1H3;1-2H3. The van der Waals surface area contributed by atoms with Crippen LogP contribution in [0.2, 0.25) is 0 Å². The van der Waals surface area contributed by atoms with E-state index in [0.717, 1.165) is 23.0 Å². The molecule has 6 heteroatoms. The zero-order valence-electron chi connectivity index (χ0n) is 14.1. The molecule has 3 nitrogen and oxygen atoms in total. The van der Waals surface area contributed by atoms with Crippen molar-refractivity contribution in [1.29, 1.82) is 0 Å². The minimum atomic E-state index is 0.927. The summed E-state index contributed by atoms with van der Waals surface area (Å²) in [5, 5.41) is 4.48. The van der Waals surface area contributed by atoms with E-state index in [9.17, 15) is 0 Å². The lowest BCUT2D eigenvalue weighted by atomic mass is 10.2. The van der Waals surface area contributed by atoms with E-state index in [1.807, 2.05) is 25.6 Å². The highest BCUT2D eigenvalue weighted by atomic mass is 32.2. The summed E-state index contributed by atoms with van der Waals surface area (Å²) in [6.07, 6.45) is 0. The quantitative estimate of drug-likeness (QED) is 0.577. The van der Waals surface area contributed by atoms with Crippen LogP contribution in [-0.2, 0) is 0 Å². The molecule has 3 heterocycles. The molecule has 3 aromatic rings. The summed E-state index contributed by atoms with van der Waals surface area (Å²) >= 11 is 5.35. The number of hydrogen-bond donors (Lipinski definition) is 1. The van der Waals surface area contributed by atoms with E-state index in [2.05, 4.69) is 63.1 Å². The van der Waals surface area contributed by atoms with E-state index in [-0.39, 0.29) is 0 Å². The Hall–Kier alpha value is -1.37. The third kappa shape index (κ3) is 3.66. The molecule has 0 spiro atoms. The molecule has 1 aliphatic rings. The summed E-state index contributed by atoms with van der Waals surface area (Å²) in [5.74, 6) is 1.09. The smallest absolute Gasteiger partial charge is 0.114 e. The van der Waals surface area contributed by atoms with Crippen molar-refractivity contribution >= 4 is 56.7 Å². The fourth-order valence-electron chi connectivity index (χ4n) is 2.52. The van der Waals surface area contributed by atoms with Gasteiger partial charge in [0.25, 0.3) is 0 Å². The highest BCUT2D eigenvalue weighted by Crippen LogP contribution is 2.35. The van der Waals surface area contributed by atoms with Gasteiger partial charge in [0.05, 0.1) is 21.1 Å². The van der Waals surface area contributed by atoms with Crippen LogP contribution in [0.4, 0.5) is 5.69 Å². The van der Waals surface area contributed by atoms with Crippen molar-refractivity contribution < 1.29 is 0 Å². The van der Waals surface area contributed by atoms with Gasteiger partial charge in [0.2, 0.25) is 0 Å². The number of para-hydroxylation sites is 1. The van der Waals surface area contributed by atoms with Gasteiger partial charge >= 0.3 is 0 Å². The third-order valence-electron chi connectivity index (χ3n) is 3.51. The van der Waals surface area contributed by atoms with Crippen LogP contribution in [0.25, 0.3) is 10.9 Å². The van der Waals surface area contributed by atoms with Crippen molar-refractivity contribution in [2.75, 3.05) is 23.7 Å². The molecule has 24 heavy (non-hydrogen) atoms. The maximum atomic E-state index is 4.57. The van der Waals surface area contributed by atoms with Gasteiger partial charge in [-0.15, -0.1) is 23.1 Å². The molecule has 0 amide bonds. The van der Waals surface area contributed by atoms with Gasteiger partial charge in [-0.3, -0.25) is 4.99 Å². The molecule has 0 unspecified atom stereocenters. The Labute approximate surface area is 155 Å². The van der Waals surface area contributed by atoms with Crippen molar-refractivity contribution in [3.8, 4) is 0 Å². The maximum Gasteiger partial charge on any atom is 0.114 e. The predicted molar refractivity (Wildman–Crippen MR) is 112 cm³/mol. The van der Waals surface area contributed by atoms with Gasteiger partial charge in [0, 0.05) is 24.7 Å². The fourth-order valence-corrected chi connectivity index (χ4v) is 5.12. The van der Waals surface area contributed by atoms with Gasteiger partial charge in [0.1, 0.15) is 5.04 Å². The molecular formula is C18H21N3S3. The number of thioether (sulfide) groups is 1. The number of H-pyrrole nitrogens is 1. The largest absolute Gasteiger partial charge is 0.351 e. The summed E-state index contributed by atoms with van der Waals surface area (Å²) < 4.78 is 3.51. The number of benzene rings is 1. The average Bonchev–Trinajstić information content (AvgIpc) is 3.36. The second kappa shape index (κ2) is 8.14. The lowest BCUT2D eigenvalue weighted by Gasteiger charge is -2.17. The minimum Gasteiger partial charge on any atom is -0.351 e. The Balaban J connectivity index is 0.000000815.